The average Bonchev–Trinajstić information content (AvgIpc) is 2.79. The average molecular weight is 316 g/mol. The van der Waals surface area contributed by atoms with Gasteiger partial charge in [-0.25, -0.2) is 0 Å². The van der Waals surface area contributed by atoms with E-state index < -0.39 is 0 Å². The van der Waals surface area contributed by atoms with Crippen LogP contribution in [0.3, 0.4) is 0 Å². The van der Waals surface area contributed by atoms with Crippen LogP contribution in [0.2, 0.25) is 0 Å². The number of nitrogens with zero attached hydrogens (tertiary/aromatic N) is 1. The molecule has 2 radical (unpaired) electrons. The lowest BCUT2D eigenvalue weighted by molar-refractivity contribution is 0.0940. The molecule has 3 nitrogen and oxygen atoms in total. The maximum atomic E-state index is 12.6. The molecule has 0 saturated carbocycles. The lowest BCUT2D eigenvalue weighted by Crippen LogP contribution is -2.26. The van der Waals surface area contributed by atoms with Crippen LogP contribution < -0.4 is 10.8 Å². The quantitative estimate of drug-likeness (QED) is 0.740. The second kappa shape index (κ2) is 6.19. The summed E-state index contributed by atoms with van der Waals surface area (Å²) in [5.41, 5.74) is 6.01. The number of carbonyl (C=O) groups excluding carboxylic acids is 1. The van der Waals surface area contributed by atoms with Gasteiger partial charge >= 0.3 is 0 Å². The molecule has 3 aromatic rings. The standard InChI is InChI=1S/C20H21BN2O/c1-12-14(3)23(4)19-10-7-16(11-18(12)19)20(24)22-13(2)15-5-8-17(21)9-6-15/h5-11,13H,1-4H3,(H,22,24)/t13-/m0/s1. The normalized spacial score (nSPS) is 12.3. The molecular formula is C20H21BN2O. The number of hydrogen-bond donors (Lipinski definition) is 1. The van der Waals surface area contributed by atoms with Crippen LogP contribution >= 0.6 is 0 Å². The molecule has 2 aromatic carbocycles. The molecule has 1 atom stereocenters. The van der Waals surface area contributed by atoms with Gasteiger partial charge in [0.1, 0.15) is 7.85 Å². The van der Waals surface area contributed by atoms with Crippen molar-refractivity contribution >= 4 is 30.1 Å². The molecule has 1 heterocycles. The number of rotatable bonds is 3. The van der Waals surface area contributed by atoms with Crippen molar-refractivity contribution in [3.05, 3.63) is 64.8 Å². The van der Waals surface area contributed by atoms with Crippen molar-refractivity contribution in [2.75, 3.05) is 0 Å². The van der Waals surface area contributed by atoms with Gasteiger partial charge < -0.3 is 9.88 Å². The summed E-state index contributed by atoms with van der Waals surface area (Å²) in [5, 5.41) is 4.18. The monoisotopic (exact) mass is 316 g/mol. The highest BCUT2D eigenvalue weighted by Gasteiger charge is 2.14. The van der Waals surface area contributed by atoms with Gasteiger partial charge in [0.2, 0.25) is 0 Å². The van der Waals surface area contributed by atoms with Gasteiger partial charge in [-0.15, -0.1) is 0 Å². The Bertz CT molecular complexity index is 910. The number of amides is 1. The first kappa shape index (κ1) is 16.4. The van der Waals surface area contributed by atoms with E-state index >= 15 is 0 Å². The Morgan fingerprint density at radius 1 is 1.12 bits per heavy atom. The summed E-state index contributed by atoms with van der Waals surface area (Å²) in [7, 11) is 7.76. The van der Waals surface area contributed by atoms with Gasteiger partial charge in [-0.05, 0) is 50.1 Å². The summed E-state index contributed by atoms with van der Waals surface area (Å²) < 4.78 is 2.16. The van der Waals surface area contributed by atoms with Crippen molar-refractivity contribution in [1.29, 1.82) is 0 Å². The largest absolute Gasteiger partial charge is 0.348 e. The predicted molar refractivity (Wildman–Crippen MR) is 100 cm³/mol. The van der Waals surface area contributed by atoms with Gasteiger partial charge in [0.15, 0.2) is 0 Å². The van der Waals surface area contributed by atoms with E-state index in [-0.39, 0.29) is 11.9 Å². The molecule has 4 heteroatoms. The molecule has 0 aliphatic heterocycles. The number of fused-ring (bicyclic) bond motifs is 1. The minimum atomic E-state index is -0.0765. The van der Waals surface area contributed by atoms with E-state index in [1.165, 1.54) is 11.3 Å². The fourth-order valence-electron chi connectivity index (χ4n) is 3.05. The molecule has 0 bridgehead atoms. The lowest BCUT2D eigenvalue weighted by Gasteiger charge is -2.15. The van der Waals surface area contributed by atoms with Gasteiger partial charge in [-0.2, -0.15) is 0 Å². The number of nitrogens with one attached hydrogen (secondary N) is 1. The minimum Gasteiger partial charge on any atom is -0.348 e. The summed E-state index contributed by atoms with van der Waals surface area (Å²) in [6.07, 6.45) is 0. The van der Waals surface area contributed by atoms with Crippen LogP contribution in [0.5, 0.6) is 0 Å². The number of hydrogen-bond acceptors (Lipinski definition) is 1. The fourth-order valence-corrected chi connectivity index (χ4v) is 3.05. The molecule has 0 saturated heterocycles. The summed E-state index contributed by atoms with van der Waals surface area (Å²) in [5.74, 6) is -0.0675. The van der Waals surface area contributed by atoms with Crippen LogP contribution in [0.15, 0.2) is 42.5 Å². The molecule has 1 amide bonds. The Morgan fingerprint density at radius 2 is 1.79 bits per heavy atom. The Hall–Kier alpha value is -2.49. The fraction of sp³-hybridized carbons (Fsp3) is 0.250. The molecule has 0 fully saturated rings. The third-order valence-corrected chi connectivity index (χ3v) is 4.85. The van der Waals surface area contributed by atoms with Crippen molar-refractivity contribution in [1.82, 2.24) is 9.88 Å². The molecule has 0 unspecified atom stereocenters. The zero-order valence-electron chi connectivity index (χ0n) is 14.6. The summed E-state index contributed by atoms with van der Waals surface area (Å²) in [4.78, 5) is 12.6. The van der Waals surface area contributed by atoms with Crippen molar-refractivity contribution in [3.63, 3.8) is 0 Å². The minimum absolute atomic E-state index is 0.0675. The first-order chi connectivity index (χ1) is 11.4. The first-order valence-electron chi connectivity index (χ1n) is 8.10. The van der Waals surface area contributed by atoms with Crippen LogP contribution in [-0.2, 0) is 7.05 Å². The highest BCUT2D eigenvalue weighted by Crippen LogP contribution is 2.25. The van der Waals surface area contributed by atoms with Crippen LogP contribution in [0.25, 0.3) is 10.9 Å². The molecule has 1 N–H and O–H groups in total. The van der Waals surface area contributed by atoms with Crippen LogP contribution in [-0.4, -0.2) is 18.3 Å². The van der Waals surface area contributed by atoms with Crippen molar-refractivity contribution in [3.8, 4) is 0 Å². The summed E-state index contributed by atoms with van der Waals surface area (Å²) in [6.45, 7) is 6.16. The SMILES string of the molecule is [B]c1ccc([C@H](C)NC(=O)c2ccc3c(c2)c(C)c(C)n3C)cc1. The van der Waals surface area contributed by atoms with Gasteiger partial charge in [0, 0.05) is 29.2 Å². The first-order valence-corrected chi connectivity index (χ1v) is 8.10. The lowest BCUT2D eigenvalue weighted by atomic mass is 9.94. The Morgan fingerprint density at radius 3 is 2.46 bits per heavy atom. The topological polar surface area (TPSA) is 34.0 Å². The highest BCUT2D eigenvalue weighted by atomic mass is 16.1. The Labute approximate surface area is 144 Å². The summed E-state index contributed by atoms with van der Waals surface area (Å²) >= 11 is 0. The van der Waals surface area contributed by atoms with Crippen molar-refractivity contribution in [2.45, 2.75) is 26.8 Å². The maximum absolute atomic E-state index is 12.6. The molecule has 24 heavy (non-hydrogen) atoms. The van der Waals surface area contributed by atoms with E-state index in [1.54, 1.807) is 0 Å². The Balaban J connectivity index is 1.86. The van der Waals surface area contributed by atoms with E-state index in [2.05, 4.69) is 23.7 Å². The number of benzene rings is 2. The number of aromatic nitrogens is 1. The van der Waals surface area contributed by atoms with Gasteiger partial charge in [0.05, 0.1) is 6.04 Å². The second-order valence-electron chi connectivity index (χ2n) is 6.36. The molecule has 0 aliphatic carbocycles. The zero-order valence-corrected chi connectivity index (χ0v) is 14.6. The third-order valence-electron chi connectivity index (χ3n) is 4.85. The van der Waals surface area contributed by atoms with Crippen molar-refractivity contribution < 1.29 is 4.79 Å². The van der Waals surface area contributed by atoms with Gasteiger partial charge in [0.25, 0.3) is 5.91 Å². The third kappa shape index (κ3) is 2.84. The van der Waals surface area contributed by atoms with E-state index in [9.17, 15) is 4.79 Å². The van der Waals surface area contributed by atoms with Gasteiger partial charge in [-0.1, -0.05) is 29.7 Å². The molecule has 1 aromatic heterocycles. The van der Waals surface area contributed by atoms with E-state index in [4.69, 9.17) is 7.85 Å². The maximum Gasteiger partial charge on any atom is 0.251 e. The molecule has 3 rings (SSSR count). The smallest absolute Gasteiger partial charge is 0.251 e. The van der Waals surface area contributed by atoms with Gasteiger partial charge in [-0.3, -0.25) is 4.79 Å². The Kier molecular flexibility index (Phi) is 4.23. The second-order valence-corrected chi connectivity index (χ2v) is 6.36. The molecular weight excluding hydrogens is 295 g/mol. The molecule has 0 spiro atoms. The number of aryl methyl sites for hydroxylation is 2. The van der Waals surface area contributed by atoms with Crippen molar-refractivity contribution in [2.24, 2.45) is 7.05 Å². The zero-order chi connectivity index (χ0) is 17.4. The van der Waals surface area contributed by atoms with E-state index in [0.29, 0.717) is 5.56 Å². The predicted octanol–water partition coefficient (Wildman–Crippen LogP) is 3.08. The molecule has 120 valence electrons. The summed E-state index contributed by atoms with van der Waals surface area (Å²) in [6, 6.07) is 13.4. The van der Waals surface area contributed by atoms with E-state index in [0.717, 1.165) is 21.9 Å². The number of carbonyl (C=O) groups is 1. The van der Waals surface area contributed by atoms with Crippen LogP contribution in [0.1, 0.15) is 40.1 Å². The van der Waals surface area contributed by atoms with Crippen LogP contribution in [0.4, 0.5) is 0 Å². The van der Waals surface area contributed by atoms with E-state index in [1.807, 2.05) is 56.4 Å². The van der Waals surface area contributed by atoms with Crippen LogP contribution in [0, 0.1) is 13.8 Å². The highest BCUT2D eigenvalue weighted by molar-refractivity contribution is 6.32. The molecule has 0 aliphatic rings.